The molecule has 33 heavy (non-hydrogen) atoms. The van der Waals surface area contributed by atoms with Gasteiger partial charge >= 0.3 is 0 Å². The molecule has 1 heterocycles. The highest BCUT2D eigenvalue weighted by atomic mass is 15.1. The summed E-state index contributed by atoms with van der Waals surface area (Å²) >= 11 is 0. The van der Waals surface area contributed by atoms with Crippen molar-refractivity contribution in [1.29, 1.82) is 0 Å². The van der Waals surface area contributed by atoms with Crippen molar-refractivity contribution in [1.82, 2.24) is 14.5 Å². The molecular formula is C30H51N3. The zero-order valence-electron chi connectivity index (χ0n) is 23.7. The number of imidazole rings is 1. The molecule has 0 aliphatic rings. The lowest BCUT2D eigenvalue weighted by atomic mass is 10.0. The minimum absolute atomic E-state index is 0.356. The standard InChI is InChI=1S/C21H29N3.C6H14.C3H8/c1-15(2)12-20(21-18(6)24(14-22-21)16(3)4)23(7)13-19-10-8-17(5)9-11-19;1-5(2)6(3)4;1-3-2/h8-12,14,16H,6,13H2,1-5,7H3;5-6H,1-4H3;3H2,1-2H3/b21-20-;;. The molecule has 0 saturated heterocycles. The molecule has 2 aromatic rings. The van der Waals surface area contributed by atoms with Crippen LogP contribution in [-0.4, -0.2) is 21.5 Å². The average molecular weight is 454 g/mol. The summed E-state index contributed by atoms with van der Waals surface area (Å²) < 4.78 is 2.12. The topological polar surface area (TPSA) is 21.1 Å². The lowest BCUT2D eigenvalue weighted by molar-refractivity contribution is 0.457. The van der Waals surface area contributed by atoms with Crippen LogP contribution in [0.4, 0.5) is 0 Å². The van der Waals surface area contributed by atoms with E-state index in [1.165, 1.54) is 23.1 Å². The summed E-state index contributed by atoms with van der Waals surface area (Å²) in [6.45, 7) is 28.9. The SMILES string of the molecule is C=c1/c(=C(\C=C(C)C)N(C)Cc2ccc(C)cc2)ncn1C(C)C.CC(C)C(C)C.CCC. The van der Waals surface area contributed by atoms with E-state index in [0.29, 0.717) is 6.04 Å². The fourth-order valence-corrected chi connectivity index (χ4v) is 2.73. The van der Waals surface area contributed by atoms with Crippen molar-refractivity contribution in [2.24, 2.45) is 11.8 Å². The number of hydrogen-bond donors (Lipinski definition) is 0. The van der Waals surface area contributed by atoms with Crippen molar-refractivity contribution >= 4 is 12.3 Å². The first-order chi connectivity index (χ1) is 15.3. The quantitative estimate of drug-likeness (QED) is 0.465. The van der Waals surface area contributed by atoms with Crippen LogP contribution in [0.1, 0.15) is 92.8 Å². The Balaban J connectivity index is 0.000000969. The molecule has 0 unspecified atom stereocenters. The molecule has 1 aromatic heterocycles. The number of rotatable bonds is 6. The van der Waals surface area contributed by atoms with Crippen molar-refractivity contribution < 1.29 is 0 Å². The van der Waals surface area contributed by atoms with Crippen molar-refractivity contribution in [2.45, 2.75) is 95.2 Å². The van der Waals surface area contributed by atoms with E-state index in [2.05, 4.69) is 135 Å². The van der Waals surface area contributed by atoms with Gasteiger partial charge in [-0.25, -0.2) is 4.98 Å². The van der Waals surface area contributed by atoms with Gasteiger partial charge in [0.25, 0.3) is 0 Å². The number of allylic oxidation sites excluding steroid dienone is 1. The van der Waals surface area contributed by atoms with E-state index in [4.69, 9.17) is 0 Å². The van der Waals surface area contributed by atoms with E-state index in [0.717, 1.165) is 34.8 Å². The molecule has 0 saturated carbocycles. The lowest BCUT2D eigenvalue weighted by Crippen LogP contribution is -2.35. The van der Waals surface area contributed by atoms with Gasteiger partial charge in [0.15, 0.2) is 0 Å². The minimum Gasteiger partial charge on any atom is -0.368 e. The normalized spacial score (nSPS) is 11.5. The Morgan fingerprint density at radius 1 is 1.00 bits per heavy atom. The monoisotopic (exact) mass is 453 g/mol. The maximum absolute atomic E-state index is 4.64. The summed E-state index contributed by atoms with van der Waals surface area (Å²) in [6.07, 6.45) is 5.33. The van der Waals surface area contributed by atoms with Crippen LogP contribution in [0.3, 0.4) is 0 Å². The zero-order chi connectivity index (χ0) is 25.7. The summed E-state index contributed by atoms with van der Waals surface area (Å²) in [7, 11) is 2.11. The van der Waals surface area contributed by atoms with Gasteiger partial charge in [-0.1, -0.05) is 89.9 Å². The molecule has 0 fully saturated rings. The number of aromatic nitrogens is 2. The number of benzene rings is 1. The highest BCUT2D eigenvalue weighted by Crippen LogP contribution is 2.12. The molecule has 3 nitrogen and oxygen atoms in total. The minimum atomic E-state index is 0.356. The maximum atomic E-state index is 4.64. The molecule has 0 bridgehead atoms. The predicted molar refractivity (Wildman–Crippen MR) is 149 cm³/mol. The first kappa shape index (κ1) is 30.7. The summed E-state index contributed by atoms with van der Waals surface area (Å²) in [4.78, 5) is 6.89. The summed E-state index contributed by atoms with van der Waals surface area (Å²) in [6, 6.07) is 9.04. The molecule has 0 spiro atoms. The fourth-order valence-electron chi connectivity index (χ4n) is 2.73. The second-order valence-electron chi connectivity index (χ2n) is 10.2. The Hall–Kier alpha value is -2.29. The van der Waals surface area contributed by atoms with Gasteiger partial charge in [0.05, 0.1) is 17.4 Å². The third-order valence-corrected chi connectivity index (χ3v) is 5.41. The predicted octanol–water partition coefficient (Wildman–Crippen LogP) is 7.10. The highest BCUT2D eigenvalue weighted by Gasteiger charge is 2.09. The molecule has 186 valence electrons. The number of aryl methyl sites for hydroxylation is 1. The van der Waals surface area contributed by atoms with Gasteiger partial charge in [-0.3, -0.25) is 0 Å². The van der Waals surface area contributed by atoms with Crippen LogP contribution in [-0.2, 0) is 6.54 Å². The Bertz CT molecular complexity index is 918. The molecule has 0 N–H and O–H groups in total. The van der Waals surface area contributed by atoms with E-state index >= 15 is 0 Å². The van der Waals surface area contributed by atoms with Crippen molar-refractivity contribution in [3.63, 3.8) is 0 Å². The van der Waals surface area contributed by atoms with Crippen LogP contribution >= 0.6 is 0 Å². The third-order valence-electron chi connectivity index (χ3n) is 5.41. The van der Waals surface area contributed by atoms with Gasteiger partial charge in [0.2, 0.25) is 0 Å². The smallest absolute Gasteiger partial charge is 0.111 e. The Morgan fingerprint density at radius 2 is 1.48 bits per heavy atom. The molecule has 0 radical (unpaired) electrons. The fraction of sp³-hybridized carbons (Fsp3) is 0.567. The highest BCUT2D eigenvalue weighted by molar-refractivity contribution is 5.54. The lowest BCUT2D eigenvalue weighted by Gasteiger charge is -2.21. The summed E-state index contributed by atoms with van der Waals surface area (Å²) in [5, 5.41) is 1.92. The third kappa shape index (κ3) is 11.4. The van der Waals surface area contributed by atoms with Gasteiger partial charge in [-0.15, -0.1) is 0 Å². The molecule has 0 atom stereocenters. The van der Waals surface area contributed by atoms with E-state index in [1.807, 2.05) is 6.33 Å². The van der Waals surface area contributed by atoms with Gasteiger partial charge < -0.3 is 9.47 Å². The van der Waals surface area contributed by atoms with E-state index in [-0.39, 0.29) is 0 Å². The molecule has 2 rings (SSSR count). The van der Waals surface area contributed by atoms with E-state index in [1.54, 1.807) is 0 Å². The maximum Gasteiger partial charge on any atom is 0.111 e. The first-order valence-electron chi connectivity index (χ1n) is 12.5. The largest absolute Gasteiger partial charge is 0.368 e. The van der Waals surface area contributed by atoms with E-state index < -0.39 is 0 Å². The van der Waals surface area contributed by atoms with Gasteiger partial charge in [0.1, 0.15) is 5.35 Å². The molecule has 3 heteroatoms. The second kappa shape index (κ2) is 15.5. The van der Waals surface area contributed by atoms with Crippen molar-refractivity contribution in [3.8, 4) is 0 Å². The molecule has 0 aliphatic carbocycles. The van der Waals surface area contributed by atoms with Crippen LogP contribution in [0.2, 0.25) is 0 Å². The average Bonchev–Trinajstić information content (AvgIpc) is 3.10. The summed E-state index contributed by atoms with van der Waals surface area (Å²) in [5.74, 6) is 1.70. The van der Waals surface area contributed by atoms with Crippen LogP contribution in [0, 0.1) is 18.8 Å². The number of hydrogen-bond acceptors (Lipinski definition) is 2. The van der Waals surface area contributed by atoms with Gasteiger partial charge in [-0.2, -0.15) is 0 Å². The molecule has 1 aromatic carbocycles. The van der Waals surface area contributed by atoms with Crippen LogP contribution < -0.4 is 10.7 Å². The Labute approximate surface area is 204 Å². The molecule has 0 aliphatic heterocycles. The molecular weight excluding hydrogens is 402 g/mol. The van der Waals surface area contributed by atoms with Gasteiger partial charge in [0, 0.05) is 19.6 Å². The van der Waals surface area contributed by atoms with Crippen molar-refractivity contribution in [3.05, 3.63) is 64.1 Å². The Kier molecular flexibility index (Phi) is 14.5. The Morgan fingerprint density at radius 3 is 1.85 bits per heavy atom. The molecule has 0 amide bonds. The second-order valence-corrected chi connectivity index (χ2v) is 10.2. The van der Waals surface area contributed by atoms with Crippen LogP contribution in [0.15, 0.2) is 42.2 Å². The first-order valence-corrected chi connectivity index (χ1v) is 12.5. The van der Waals surface area contributed by atoms with E-state index in [9.17, 15) is 0 Å². The van der Waals surface area contributed by atoms with Gasteiger partial charge in [-0.05, 0) is 58.1 Å². The summed E-state index contributed by atoms with van der Waals surface area (Å²) in [5.41, 5.74) is 4.93. The van der Waals surface area contributed by atoms with Crippen LogP contribution in [0.25, 0.3) is 12.3 Å². The number of likely N-dealkylation sites (N-methyl/N-ethyl adjacent to an activating group) is 1. The van der Waals surface area contributed by atoms with Crippen LogP contribution in [0.5, 0.6) is 0 Å². The number of nitrogens with zero attached hydrogens (tertiary/aromatic N) is 3. The van der Waals surface area contributed by atoms with Crippen molar-refractivity contribution in [2.75, 3.05) is 7.05 Å². The zero-order valence-corrected chi connectivity index (χ0v) is 23.7.